The van der Waals surface area contributed by atoms with Crippen molar-refractivity contribution in [2.45, 2.75) is 32.2 Å². The lowest BCUT2D eigenvalue weighted by atomic mass is 10.0. The molecular formula is C13H25N3O3. The van der Waals surface area contributed by atoms with Crippen molar-refractivity contribution in [3.8, 4) is 0 Å². The summed E-state index contributed by atoms with van der Waals surface area (Å²) in [5.74, 6) is -0.867. The minimum absolute atomic E-state index is 0.000818. The Morgan fingerprint density at radius 2 is 1.89 bits per heavy atom. The van der Waals surface area contributed by atoms with Crippen molar-refractivity contribution in [2.24, 2.45) is 0 Å². The molecule has 0 bridgehead atoms. The standard InChI is InChI=1S/C13H25N3O3/c1-4-16(10-7-12(17)18)13(19)15(3)11-5-8-14(2)9-6-11/h11H,4-10H2,1-3H3,(H,17,18). The summed E-state index contributed by atoms with van der Waals surface area (Å²) >= 11 is 0. The molecule has 1 saturated heterocycles. The Bertz CT molecular complexity index is 314. The molecule has 1 aliphatic heterocycles. The molecule has 6 nitrogen and oxygen atoms in total. The van der Waals surface area contributed by atoms with Crippen LogP contribution in [0.2, 0.25) is 0 Å². The monoisotopic (exact) mass is 271 g/mol. The van der Waals surface area contributed by atoms with Gasteiger partial charge in [0, 0.05) is 26.2 Å². The first-order valence-electron chi connectivity index (χ1n) is 6.87. The van der Waals surface area contributed by atoms with Crippen LogP contribution in [-0.2, 0) is 4.79 Å². The van der Waals surface area contributed by atoms with E-state index in [1.807, 2.05) is 14.0 Å². The number of hydrogen-bond donors (Lipinski definition) is 1. The summed E-state index contributed by atoms with van der Waals surface area (Å²) < 4.78 is 0. The number of carboxylic acid groups (broad SMARTS) is 1. The summed E-state index contributed by atoms with van der Waals surface area (Å²) in [4.78, 5) is 28.5. The number of piperidine rings is 1. The van der Waals surface area contributed by atoms with Crippen molar-refractivity contribution in [2.75, 3.05) is 40.3 Å². The molecule has 0 aromatic heterocycles. The van der Waals surface area contributed by atoms with Gasteiger partial charge in [0.25, 0.3) is 0 Å². The minimum atomic E-state index is -0.867. The van der Waals surface area contributed by atoms with Crippen LogP contribution in [0, 0.1) is 0 Å². The van der Waals surface area contributed by atoms with E-state index in [9.17, 15) is 9.59 Å². The molecule has 0 aliphatic carbocycles. The minimum Gasteiger partial charge on any atom is -0.481 e. The van der Waals surface area contributed by atoms with Crippen LogP contribution in [0.5, 0.6) is 0 Å². The zero-order valence-corrected chi connectivity index (χ0v) is 12.1. The van der Waals surface area contributed by atoms with Gasteiger partial charge >= 0.3 is 12.0 Å². The highest BCUT2D eigenvalue weighted by atomic mass is 16.4. The zero-order valence-electron chi connectivity index (χ0n) is 12.1. The number of nitrogens with zero attached hydrogens (tertiary/aromatic N) is 3. The molecule has 1 N–H and O–H groups in total. The summed E-state index contributed by atoms with van der Waals surface area (Å²) in [5, 5.41) is 8.70. The van der Waals surface area contributed by atoms with Crippen LogP contribution in [-0.4, -0.2) is 78.1 Å². The third-order valence-corrected chi connectivity index (χ3v) is 3.79. The number of amides is 2. The van der Waals surface area contributed by atoms with Gasteiger partial charge in [-0.05, 0) is 39.9 Å². The Morgan fingerprint density at radius 3 is 2.37 bits per heavy atom. The summed E-state index contributed by atoms with van der Waals surface area (Å²) in [6, 6.07) is 0.209. The van der Waals surface area contributed by atoms with E-state index in [1.165, 1.54) is 0 Å². The predicted octanol–water partition coefficient (Wildman–Crippen LogP) is 0.929. The molecule has 2 amide bonds. The van der Waals surface area contributed by atoms with Crippen molar-refractivity contribution >= 4 is 12.0 Å². The van der Waals surface area contributed by atoms with Crippen LogP contribution in [0.4, 0.5) is 4.79 Å². The van der Waals surface area contributed by atoms with Crippen molar-refractivity contribution in [1.29, 1.82) is 0 Å². The van der Waals surface area contributed by atoms with E-state index >= 15 is 0 Å². The van der Waals surface area contributed by atoms with E-state index in [0.717, 1.165) is 25.9 Å². The third-order valence-electron chi connectivity index (χ3n) is 3.79. The number of carbonyl (C=O) groups excluding carboxylic acids is 1. The van der Waals surface area contributed by atoms with E-state index in [4.69, 9.17) is 5.11 Å². The second-order valence-corrected chi connectivity index (χ2v) is 5.15. The fourth-order valence-corrected chi connectivity index (χ4v) is 2.38. The summed E-state index contributed by atoms with van der Waals surface area (Å²) in [6.07, 6.45) is 1.96. The van der Waals surface area contributed by atoms with E-state index < -0.39 is 5.97 Å². The Hall–Kier alpha value is -1.30. The Kier molecular flexibility index (Phi) is 6.08. The Labute approximate surface area is 115 Å². The molecule has 0 saturated carbocycles. The van der Waals surface area contributed by atoms with Gasteiger partial charge in [-0.2, -0.15) is 0 Å². The molecule has 0 aromatic rings. The molecular weight excluding hydrogens is 246 g/mol. The molecule has 6 heteroatoms. The second kappa shape index (κ2) is 7.33. The largest absolute Gasteiger partial charge is 0.481 e. The molecule has 19 heavy (non-hydrogen) atoms. The third kappa shape index (κ3) is 4.70. The van der Waals surface area contributed by atoms with Gasteiger partial charge < -0.3 is 19.8 Å². The fraction of sp³-hybridized carbons (Fsp3) is 0.846. The molecule has 110 valence electrons. The topological polar surface area (TPSA) is 64.1 Å². The molecule has 0 spiro atoms. The molecule has 1 fully saturated rings. The first-order chi connectivity index (χ1) is 8.95. The lowest BCUT2D eigenvalue weighted by molar-refractivity contribution is -0.137. The average Bonchev–Trinajstić information content (AvgIpc) is 2.39. The first kappa shape index (κ1) is 15.8. The van der Waals surface area contributed by atoms with E-state index in [1.54, 1.807) is 9.80 Å². The summed E-state index contributed by atoms with van der Waals surface area (Å²) in [6.45, 7) is 4.71. The van der Waals surface area contributed by atoms with Gasteiger partial charge in [-0.1, -0.05) is 0 Å². The van der Waals surface area contributed by atoms with E-state index in [-0.39, 0.29) is 25.0 Å². The number of urea groups is 1. The first-order valence-corrected chi connectivity index (χ1v) is 6.87. The van der Waals surface area contributed by atoms with Crippen LogP contribution in [0.25, 0.3) is 0 Å². The summed E-state index contributed by atoms with van der Waals surface area (Å²) in [5.41, 5.74) is 0. The maximum absolute atomic E-state index is 12.3. The van der Waals surface area contributed by atoms with Gasteiger partial charge in [0.05, 0.1) is 6.42 Å². The highest BCUT2D eigenvalue weighted by Gasteiger charge is 2.26. The van der Waals surface area contributed by atoms with Crippen molar-refractivity contribution in [3.63, 3.8) is 0 Å². The second-order valence-electron chi connectivity index (χ2n) is 5.15. The van der Waals surface area contributed by atoms with Gasteiger partial charge in [-0.3, -0.25) is 4.79 Å². The lowest BCUT2D eigenvalue weighted by Crippen LogP contribution is -2.49. The Morgan fingerprint density at radius 1 is 1.32 bits per heavy atom. The normalized spacial score (nSPS) is 17.2. The molecule has 1 heterocycles. The molecule has 0 atom stereocenters. The van der Waals surface area contributed by atoms with Crippen LogP contribution in [0.3, 0.4) is 0 Å². The van der Waals surface area contributed by atoms with Crippen LogP contribution < -0.4 is 0 Å². The van der Waals surface area contributed by atoms with Gasteiger partial charge in [0.2, 0.25) is 0 Å². The van der Waals surface area contributed by atoms with Crippen molar-refractivity contribution in [3.05, 3.63) is 0 Å². The fourth-order valence-electron chi connectivity index (χ4n) is 2.38. The van der Waals surface area contributed by atoms with E-state index in [2.05, 4.69) is 11.9 Å². The smallest absolute Gasteiger partial charge is 0.319 e. The highest BCUT2D eigenvalue weighted by Crippen LogP contribution is 2.15. The van der Waals surface area contributed by atoms with Gasteiger partial charge in [-0.15, -0.1) is 0 Å². The number of carboxylic acids is 1. The SMILES string of the molecule is CCN(CCC(=O)O)C(=O)N(C)C1CCN(C)CC1. The van der Waals surface area contributed by atoms with Gasteiger partial charge in [0.15, 0.2) is 0 Å². The van der Waals surface area contributed by atoms with Gasteiger partial charge in [0.1, 0.15) is 0 Å². The summed E-state index contributed by atoms with van der Waals surface area (Å²) in [7, 11) is 3.91. The van der Waals surface area contributed by atoms with Crippen molar-refractivity contribution in [1.82, 2.24) is 14.7 Å². The van der Waals surface area contributed by atoms with Crippen LogP contribution in [0.15, 0.2) is 0 Å². The van der Waals surface area contributed by atoms with Crippen molar-refractivity contribution < 1.29 is 14.7 Å². The van der Waals surface area contributed by atoms with E-state index in [0.29, 0.717) is 6.54 Å². The van der Waals surface area contributed by atoms with Gasteiger partial charge in [-0.25, -0.2) is 4.79 Å². The molecule has 0 radical (unpaired) electrons. The maximum Gasteiger partial charge on any atom is 0.319 e. The zero-order chi connectivity index (χ0) is 14.4. The number of likely N-dealkylation sites (tertiary alicyclic amines) is 1. The van der Waals surface area contributed by atoms with Crippen LogP contribution in [0.1, 0.15) is 26.2 Å². The maximum atomic E-state index is 12.3. The average molecular weight is 271 g/mol. The Balaban J connectivity index is 2.51. The molecule has 0 unspecified atom stereocenters. The quantitative estimate of drug-likeness (QED) is 0.808. The highest BCUT2D eigenvalue weighted by molar-refractivity contribution is 5.75. The number of aliphatic carboxylic acids is 1. The predicted molar refractivity (Wildman–Crippen MR) is 73.2 cm³/mol. The van der Waals surface area contributed by atoms with Crippen LogP contribution >= 0.6 is 0 Å². The number of carbonyl (C=O) groups is 2. The molecule has 1 rings (SSSR count). The molecule has 1 aliphatic rings. The lowest BCUT2D eigenvalue weighted by Gasteiger charge is -2.37. The number of hydrogen-bond acceptors (Lipinski definition) is 3. The molecule has 0 aromatic carbocycles. The number of rotatable bonds is 5.